The molecule has 4 rings (SSSR count). The minimum absolute atomic E-state index is 0.0116. The van der Waals surface area contributed by atoms with E-state index >= 15 is 0 Å². The minimum atomic E-state index is -1.21. The number of nitrogens with zero attached hydrogens (tertiary/aromatic N) is 4. The summed E-state index contributed by atoms with van der Waals surface area (Å²) in [7, 11) is 1.39. The van der Waals surface area contributed by atoms with Crippen molar-refractivity contribution in [3.05, 3.63) is 46.5 Å². The summed E-state index contributed by atoms with van der Waals surface area (Å²) >= 11 is 5.79. The molecule has 1 aromatic carbocycles. The van der Waals surface area contributed by atoms with Crippen LogP contribution in [0.15, 0.2) is 24.5 Å². The molecule has 0 aliphatic heterocycles. The second-order valence-electron chi connectivity index (χ2n) is 6.76. The van der Waals surface area contributed by atoms with Crippen molar-refractivity contribution in [3.63, 3.8) is 0 Å². The maximum atomic E-state index is 14.4. The first kappa shape index (κ1) is 19.2. The number of alkyl halides is 1. The van der Waals surface area contributed by atoms with Crippen LogP contribution in [0.1, 0.15) is 28.3 Å². The molecule has 1 aliphatic rings. The maximum absolute atomic E-state index is 14.4. The van der Waals surface area contributed by atoms with Crippen molar-refractivity contribution < 1.29 is 18.4 Å². The topological polar surface area (TPSA) is 104 Å². The lowest BCUT2D eigenvalue weighted by Crippen LogP contribution is -2.35. The van der Waals surface area contributed by atoms with Gasteiger partial charge in [0.1, 0.15) is 12.0 Å². The number of benzene rings is 1. The standard InChI is InChI=1S/C18H15ClF2N6O2/c1-27(7-13(28)24-18-22-5-8-6-23-26-16(8)25-18)17(29)9-2-3-11(19)15(21)14(9)10-4-12(10)20/h2-3,5-6,10,12H,4,7H2,1H3,(H2,22,23,24,25,26,28). The highest BCUT2D eigenvalue weighted by molar-refractivity contribution is 6.31. The number of anilines is 1. The molecule has 0 saturated heterocycles. The molecular weight excluding hydrogens is 406 g/mol. The quantitative estimate of drug-likeness (QED) is 0.660. The summed E-state index contributed by atoms with van der Waals surface area (Å²) in [5.74, 6) is -2.63. The zero-order chi connectivity index (χ0) is 20.7. The van der Waals surface area contributed by atoms with Crippen molar-refractivity contribution in [2.45, 2.75) is 18.5 Å². The molecule has 0 radical (unpaired) electrons. The van der Waals surface area contributed by atoms with E-state index in [9.17, 15) is 18.4 Å². The largest absolute Gasteiger partial charge is 0.332 e. The molecule has 1 aliphatic carbocycles. The summed E-state index contributed by atoms with van der Waals surface area (Å²) in [4.78, 5) is 34.2. The Labute approximate surface area is 168 Å². The first-order valence-corrected chi connectivity index (χ1v) is 9.06. The van der Waals surface area contributed by atoms with Gasteiger partial charge in [0, 0.05) is 30.3 Å². The predicted molar refractivity (Wildman–Crippen MR) is 101 cm³/mol. The monoisotopic (exact) mass is 420 g/mol. The number of aromatic nitrogens is 4. The molecule has 2 atom stereocenters. The van der Waals surface area contributed by atoms with Crippen LogP contribution < -0.4 is 5.32 Å². The molecule has 1 saturated carbocycles. The molecule has 11 heteroatoms. The Hall–Kier alpha value is -3.14. The fourth-order valence-electron chi connectivity index (χ4n) is 3.03. The Bertz CT molecular complexity index is 1120. The lowest BCUT2D eigenvalue weighted by molar-refractivity contribution is -0.116. The number of nitrogens with one attached hydrogen (secondary N) is 2. The van der Waals surface area contributed by atoms with E-state index in [1.165, 1.54) is 31.6 Å². The lowest BCUT2D eigenvalue weighted by Gasteiger charge is -2.19. The Morgan fingerprint density at radius 2 is 2.14 bits per heavy atom. The summed E-state index contributed by atoms with van der Waals surface area (Å²) in [5, 5.41) is 9.45. The zero-order valence-corrected chi connectivity index (χ0v) is 15.9. The van der Waals surface area contributed by atoms with Crippen LogP contribution in [0.4, 0.5) is 14.7 Å². The fraction of sp³-hybridized carbons (Fsp3) is 0.278. The van der Waals surface area contributed by atoms with Crippen molar-refractivity contribution >= 4 is 40.4 Å². The fourth-order valence-corrected chi connectivity index (χ4v) is 3.20. The molecule has 2 unspecified atom stereocenters. The van der Waals surface area contributed by atoms with E-state index in [0.717, 1.165) is 4.90 Å². The van der Waals surface area contributed by atoms with Crippen molar-refractivity contribution in [1.29, 1.82) is 0 Å². The first-order chi connectivity index (χ1) is 13.8. The second kappa shape index (κ2) is 7.36. The number of hydrogen-bond acceptors (Lipinski definition) is 5. The van der Waals surface area contributed by atoms with Gasteiger partial charge in [0.15, 0.2) is 5.65 Å². The van der Waals surface area contributed by atoms with Crippen LogP contribution in [0, 0.1) is 5.82 Å². The van der Waals surface area contributed by atoms with Gasteiger partial charge in [-0.3, -0.25) is 20.0 Å². The van der Waals surface area contributed by atoms with Crippen molar-refractivity contribution in [2.75, 3.05) is 18.9 Å². The summed E-state index contributed by atoms with van der Waals surface area (Å²) in [5.41, 5.74) is 0.393. The Morgan fingerprint density at radius 1 is 1.38 bits per heavy atom. The van der Waals surface area contributed by atoms with Gasteiger partial charge >= 0.3 is 0 Å². The van der Waals surface area contributed by atoms with E-state index in [-0.39, 0.29) is 35.1 Å². The molecular formula is C18H15ClF2N6O2. The first-order valence-electron chi connectivity index (χ1n) is 8.68. The summed E-state index contributed by atoms with van der Waals surface area (Å²) in [6.07, 6.45) is 1.95. The molecule has 0 bridgehead atoms. The van der Waals surface area contributed by atoms with Gasteiger partial charge in [0.05, 0.1) is 23.2 Å². The molecule has 8 nitrogen and oxygen atoms in total. The molecule has 2 N–H and O–H groups in total. The van der Waals surface area contributed by atoms with Crippen LogP contribution in [-0.4, -0.2) is 56.6 Å². The van der Waals surface area contributed by atoms with Gasteiger partial charge in [-0.1, -0.05) is 11.6 Å². The Kier molecular flexibility index (Phi) is 4.87. The molecule has 2 heterocycles. The van der Waals surface area contributed by atoms with E-state index in [1.807, 2.05) is 0 Å². The van der Waals surface area contributed by atoms with Crippen LogP contribution in [0.2, 0.25) is 5.02 Å². The van der Waals surface area contributed by atoms with E-state index in [1.54, 1.807) is 0 Å². The average molecular weight is 421 g/mol. The Balaban J connectivity index is 1.48. The molecule has 2 amide bonds. The van der Waals surface area contributed by atoms with Gasteiger partial charge in [0.2, 0.25) is 11.9 Å². The third-order valence-electron chi connectivity index (χ3n) is 4.62. The highest BCUT2D eigenvalue weighted by Gasteiger charge is 2.43. The van der Waals surface area contributed by atoms with Crippen LogP contribution in [-0.2, 0) is 4.79 Å². The predicted octanol–water partition coefficient (Wildman–Crippen LogP) is 2.68. The maximum Gasteiger partial charge on any atom is 0.254 e. The molecule has 0 spiro atoms. The van der Waals surface area contributed by atoms with Crippen LogP contribution >= 0.6 is 11.6 Å². The SMILES string of the molecule is CN(CC(=O)Nc1ncc2cn[nH]c2n1)C(=O)c1ccc(Cl)c(F)c1C1CC1F. The third-order valence-corrected chi connectivity index (χ3v) is 4.91. The average Bonchev–Trinajstić information content (AvgIpc) is 3.21. The van der Waals surface area contributed by atoms with Gasteiger partial charge in [-0.15, -0.1) is 0 Å². The number of H-pyrrole nitrogens is 1. The van der Waals surface area contributed by atoms with Gasteiger partial charge in [-0.2, -0.15) is 10.1 Å². The summed E-state index contributed by atoms with van der Waals surface area (Å²) < 4.78 is 28.0. The van der Waals surface area contributed by atoms with Crippen molar-refractivity contribution in [1.82, 2.24) is 25.1 Å². The van der Waals surface area contributed by atoms with E-state index in [4.69, 9.17) is 11.6 Å². The van der Waals surface area contributed by atoms with Crippen LogP contribution in [0.3, 0.4) is 0 Å². The smallest absolute Gasteiger partial charge is 0.254 e. The molecule has 29 heavy (non-hydrogen) atoms. The highest BCUT2D eigenvalue weighted by Crippen LogP contribution is 2.47. The van der Waals surface area contributed by atoms with Gasteiger partial charge < -0.3 is 4.90 Å². The summed E-state index contributed by atoms with van der Waals surface area (Å²) in [6, 6.07) is 2.59. The van der Waals surface area contributed by atoms with E-state index < -0.39 is 29.7 Å². The van der Waals surface area contributed by atoms with Gasteiger partial charge in [-0.25, -0.2) is 13.8 Å². The van der Waals surface area contributed by atoms with Crippen molar-refractivity contribution in [3.8, 4) is 0 Å². The van der Waals surface area contributed by atoms with Crippen LogP contribution in [0.5, 0.6) is 0 Å². The zero-order valence-electron chi connectivity index (χ0n) is 15.1. The number of rotatable bonds is 5. The summed E-state index contributed by atoms with van der Waals surface area (Å²) in [6.45, 7) is -0.337. The number of carbonyl (C=O) groups is 2. The van der Waals surface area contributed by atoms with Gasteiger partial charge in [0.25, 0.3) is 5.91 Å². The number of fused-ring (bicyclic) bond motifs is 1. The second-order valence-corrected chi connectivity index (χ2v) is 7.16. The van der Waals surface area contributed by atoms with Crippen molar-refractivity contribution in [2.24, 2.45) is 0 Å². The number of carbonyl (C=O) groups excluding carboxylic acids is 2. The Morgan fingerprint density at radius 3 is 2.86 bits per heavy atom. The molecule has 2 aromatic heterocycles. The number of halogens is 3. The number of amides is 2. The van der Waals surface area contributed by atoms with E-state index in [2.05, 4.69) is 25.5 Å². The van der Waals surface area contributed by atoms with E-state index in [0.29, 0.717) is 11.0 Å². The van der Waals surface area contributed by atoms with Gasteiger partial charge in [-0.05, 0) is 18.6 Å². The minimum Gasteiger partial charge on any atom is -0.332 e. The third kappa shape index (κ3) is 3.75. The van der Waals surface area contributed by atoms with Crippen LogP contribution in [0.25, 0.3) is 11.0 Å². The molecule has 150 valence electrons. The number of likely N-dealkylation sites (N-methyl/N-ethyl adjacent to an activating group) is 1. The highest BCUT2D eigenvalue weighted by atomic mass is 35.5. The molecule has 3 aromatic rings. The molecule has 1 fully saturated rings. The number of hydrogen-bond donors (Lipinski definition) is 2. The lowest BCUT2D eigenvalue weighted by atomic mass is 10.0. The normalized spacial score (nSPS) is 17.9. The number of aromatic amines is 1.